The van der Waals surface area contributed by atoms with Crippen LogP contribution in [0.3, 0.4) is 0 Å². The van der Waals surface area contributed by atoms with Crippen molar-refractivity contribution in [1.82, 2.24) is 20.3 Å². The zero-order chi connectivity index (χ0) is 20.6. The number of rotatable bonds is 8. The Bertz CT molecular complexity index is 982. The molecule has 152 valence electrons. The first-order valence-corrected chi connectivity index (χ1v) is 10.5. The van der Waals surface area contributed by atoms with Gasteiger partial charge in [0.2, 0.25) is 5.88 Å². The van der Waals surface area contributed by atoms with Crippen molar-refractivity contribution >= 4 is 39.1 Å². The van der Waals surface area contributed by atoms with Crippen LogP contribution in [0.15, 0.2) is 40.4 Å². The lowest BCUT2D eigenvalue weighted by Crippen LogP contribution is -2.28. The molecule has 0 aromatic carbocycles. The fraction of sp³-hybridized carbons (Fsp3) is 0.263. The van der Waals surface area contributed by atoms with Crippen molar-refractivity contribution in [2.24, 2.45) is 0 Å². The Balaban J connectivity index is 1.86. The Labute approximate surface area is 180 Å². The van der Waals surface area contributed by atoms with Crippen LogP contribution in [0.4, 0.5) is 10.6 Å². The third-order valence-corrected chi connectivity index (χ3v) is 5.25. The van der Waals surface area contributed by atoms with Crippen LogP contribution in [-0.2, 0) is 4.74 Å². The van der Waals surface area contributed by atoms with Crippen molar-refractivity contribution < 1.29 is 14.3 Å². The van der Waals surface area contributed by atoms with Gasteiger partial charge in [-0.15, -0.1) is 11.3 Å². The first kappa shape index (κ1) is 21.2. The van der Waals surface area contributed by atoms with Gasteiger partial charge in [0.05, 0.1) is 17.9 Å². The second kappa shape index (κ2) is 10.3. The van der Waals surface area contributed by atoms with Gasteiger partial charge in [-0.3, -0.25) is 5.32 Å². The van der Waals surface area contributed by atoms with Crippen LogP contribution in [-0.4, -0.2) is 47.9 Å². The molecule has 0 saturated carbocycles. The number of halogens is 1. The van der Waals surface area contributed by atoms with E-state index in [1.165, 1.54) is 11.3 Å². The van der Waals surface area contributed by atoms with E-state index in [1.54, 1.807) is 25.6 Å². The summed E-state index contributed by atoms with van der Waals surface area (Å²) in [5.74, 6) is 0.949. The van der Waals surface area contributed by atoms with Gasteiger partial charge in [-0.2, -0.15) is 0 Å². The molecule has 2 amide bonds. The number of nitrogens with one attached hydrogen (secondary N) is 2. The summed E-state index contributed by atoms with van der Waals surface area (Å²) in [6.45, 7) is 3.26. The largest absolute Gasteiger partial charge is 0.475 e. The molecule has 0 fully saturated rings. The Kier molecular flexibility index (Phi) is 7.50. The molecule has 10 heteroatoms. The SMILES string of the molecule is CCNC(=O)Nc1cc(-c2nc(-c3cccnc3OCCOC)cs2)c(Br)cn1. The summed E-state index contributed by atoms with van der Waals surface area (Å²) in [5.41, 5.74) is 2.39. The van der Waals surface area contributed by atoms with Crippen molar-refractivity contribution in [2.75, 3.05) is 32.2 Å². The van der Waals surface area contributed by atoms with Gasteiger partial charge in [0.15, 0.2) is 0 Å². The lowest BCUT2D eigenvalue weighted by molar-refractivity contribution is 0.144. The molecular formula is C19H20BrN5O3S. The molecule has 0 saturated heterocycles. The number of hydrogen-bond donors (Lipinski definition) is 2. The number of aromatic nitrogens is 3. The fourth-order valence-electron chi connectivity index (χ4n) is 2.44. The number of carbonyl (C=O) groups is 1. The Morgan fingerprint density at radius 1 is 1.28 bits per heavy atom. The van der Waals surface area contributed by atoms with Gasteiger partial charge in [-0.1, -0.05) is 0 Å². The Morgan fingerprint density at radius 2 is 2.14 bits per heavy atom. The summed E-state index contributed by atoms with van der Waals surface area (Å²) in [5, 5.41) is 8.11. The van der Waals surface area contributed by atoms with Gasteiger partial charge in [0, 0.05) is 41.5 Å². The average molecular weight is 478 g/mol. The molecule has 2 N–H and O–H groups in total. The highest BCUT2D eigenvalue weighted by atomic mass is 79.9. The van der Waals surface area contributed by atoms with E-state index in [1.807, 2.05) is 24.4 Å². The first-order chi connectivity index (χ1) is 14.1. The predicted octanol–water partition coefficient (Wildman–Crippen LogP) is 4.20. The maximum absolute atomic E-state index is 11.8. The predicted molar refractivity (Wildman–Crippen MR) is 116 cm³/mol. The van der Waals surface area contributed by atoms with Crippen LogP contribution >= 0.6 is 27.3 Å². The van der Waals surface area contributed by atoms with Gasteiger partial charge < -0.3 is 14.8 Å². The van der Waals surface area contributed by atoms with Crippen molar-refractivity contribution in [2.45, 2.75) is 6.92 Å². The van der Waals surface area contributed by atoms with Gasteiger partial charge >= 0.3 is 6.03 Å². The summed E-state index contributed by atoms with van der Waals surface area (Å²) < 4.78 is 11.5. The van der Waals surface area contributed by atoms with E-state index in [2.05, 4.69) is 36.5 Å². The molecule has 3 heterocycles. The highest BCUT2D eigenvalue weighted by Gasteiger charge is 2.15. The monoisotopic (exact) mass is 477 g/mol. The second-order valence-corrected chi connectivity index (χ2v) is 7.48. The van der Waals surface area contributed by atoms with E-state index >= 15 is 0 Å². The molecule has 0 unspecified atom stereocenters. The molecule has 3 aromatic rings. The van der Waals surface area contributed by atoms with Crippen molar-refractivity contribution in [3.8, 4) is 27.7 Å². The van der Waals surface area contributed by atoms with Crippen molar-refractivity contribution in [3.63, 3.8) is 0 Å². The molecule has 0 atom stereocenters. The van der Waals surface area contributed by atoms with Gasteiger partial charge in [-0.05, 0) is 41.1 Å². The van der Waals surface area contributed by atoms with Crippen LogP contribution < -0.4 is 15.4 Å². The standard InChI is InChI=1S/C19H20BrN5O3S/c1-3-21-19(26)25-16-9-13(14(20)10-23-16)18-24-15(11-29-18)12-5-4-6-22-17(12)28-8-7-27-2/h4-6,9-11H,3,7-8H2,1-2H3,(H2,21,23,25,26). The highest BCUT2D eigenvalue weighted by Crippen LogP contribution is 2.36. The summed E-state index contributed by atoms with van der Waals surface area (Å²) in [7, 11) is 1.62. The molecule has 0 bridgehead atoms. The highest BCUT2D eigenvalue weighted by molar-refractivity contribution is 9.10. The third kappa shape index (κ3) is 5.49. The van der Waals surface area contributed by atoms with Crippen LogP contribution in [0, 0.1) is 0 Å². The summed E-state index contributed by atoms with van der Waals surface area (Å²) in [6.07, 6.45) is 3.32. The fourth-order valence-corrected chi connectivity index (χ4v) is 3.82. The van der Waals surface area contributed by atoms with Crippen LogP contribution in [0.5, 0.6) is 5.88 Å². The van der Waals surface area contributed by atoms with E-state index in [4.69, 9.17) is 14.5 Å². The minimum Gasteiger partial charge on any atom is -0.475 e. The van der Waals surface area contributed by atoms with E-state index in [9.17, 15) is 4.79 Å². The molecule has 8 nitrogen and oxygen atoms in total. The van der Waals surface area contributed by atoms with E-state index in [0.29, 0.717) is 31.5 Å². The van der Waals surface area contributed by atoms with Crippen molar-refractivity contribution in [1.29, 1.82) is 0 Å². The number of methoxy groups -OCH3 is 1. The van der Waals surface area contributed by atoms with E-state index in [-0.39, 0.29) is 6.03 Å². The van der Waals surface area contributed by atoms with Gasteiger partial charge in [-0.25, -0.2) is 19.7 Å². The number of thiazole rings is 1. The number of carbonyl (C=O) groups excluding carboxylic acids is 1. The molecule has 0 spiro atoms. The number of pyridine rings is 2. The van der Waals surface area contributed by atoms with E-state index < -0.39 is 0 Å². The van der Waals surface area contributed by atoms with Gasteiger partial charge in [0.25, 0.3) is 0 Å². The smallest absolute Gasteiger partial charge is 0.320 e. The zero-order valence-electron chi connectivity index (χ0n) is 15.9. The minimum absolute atomic E-state index is 0.304. The minimum atomic E-state index is -0.304. The molecule has 0 aliphatic heterocycles. The maximum atomic E-state index is 11.8. The number of urea groups is 1. The molecule has 3 aromatic heterocycles. The normalized spacial score (nSPS) is 10.6. The van der Waals surface area contributed by atoms with E-state index in [0.717, 1.165) is 26.3 Å². The molecule has 0 aliphatic rings. The second-order valence-electron chi connectivity index (χ2n) is 5.77. The molecule has 0 aliphatic carbocycles. The summed E-state index contributed by atoms with van der Waals surface area (Å²) in [6, 6.07) is 5.23. The summed E-state index contributed by atoms with van der Waals surface area (Å²) in [4.78, 5) is 25.0. The molecule has 0 radical (unpaired) electrons. The van der Waals surface area contributed by atoms with Crippen LogP contribution in [0.25, 0.3) is 21.8 Å². The lowest BCUT2D eigenvalue weighted by Gasteiger charge is -2.08. The third-order valence-electron chi connectivity index (χ3n) is 3.74. The number of amides is 2. The zero-order valence-corrected chi connectivity index (χ0v) is 18.3. The topological polar surface area (TPSA) is 98.3 Å². The van der Waals surface area contributed by atoms with Crippen molar-refractivity contribution in [3.05, 3.63) is 40.4 Å². The molecule has 3 rings (SSSR count). The molecular weight excluding hydrogens is 458 g/mol. The summed E-state index contributed by atoms with van der Waals surface area (Å²) >= 11 is 4.99. The number of anilines is 1. The average Bonchev–Trinajstić information content (AvgIpc) is 3.20. The first-order valence-electron chi connectivity index (χ1n) is 8.85. The van der Waals surface area contributed by atoms with Crippen LogP contribution in [0.2, 0.25) is 0 Å². The maximum Gasteiger partial charge on any atom is 0.320 e. The number of hydrogen-bond acceptors (Lipinski definition) is 7. The quantitative estimate of drug-likeness (QED) is 0.471. The molecule has 29 heavy (non-hydrogen) atoms. The number of ether oxygens (including phenoxy) is 2. The lowest BCUT2D eigenvalue weighted by atomic mass is 10.2. The van der Waals surface area contributed by atoms with Gasteiger partial charge in [0.1, 0.15) is 17.4 Å². The number of nitrogens with zero attached hydrogens (tertiary/aromatic N) is 3. The van der Waals surface area contributed by atoms with Crippen LogP contribution in [0.1, 0.15) is 6.92 Å². The Hall–Kier alpha value is -2.56. The Morgan fingerprint density at radius 3 is 2.93 bits per heavy atom.